The Morgan fingerprint density at radius 2 is 2.09 bits per heavy atom. The van der Waals surface area contributed by atoms with E-state index in [-0.39, 0.29) is 11.7 Å². The third-order valence-electron chi connectivity index (χ3n) is 1.07. The standard InChI is InChI=1S/C6H13O4P/c1-4-11(8,9)10-6(7)5(2)3/h8-9,11H,2,4H2,1,3H3. The molecule has 0 atom stereocenters. The van der Waals surface area contributed by atoms with Crippen molar-refractivity contribution in [1.29, 1.82) is 0 Å². The normalized spacial score (nSPS) is 12.4. The van der Waals surface area contributed by atoms with E-state index in [1.807, 2.05) is 0 Å². The molecule has 0 saturated carbocycles. The van der Waals surface area contributed by atoms with Crippen LogP contribution in [0.4, 0.5) is 0 Å². The Kier molecular flexibility index (Phi) is 3.66. The molecule has 0 aromatic carbocycles. The molecule has 2 N–H and O–H groups in total. The molecule has 0 fully saturated rings. The molecule has 0 unspecified atom stereocenters. The van der Waals surface area contributed by atoms with Gasteiger partial charge in [-0.2, -0.15) is 0 Å². The van der Waals surface area contributed by atoms with E-state index in [1.54, 1.807) is 0 Å². The molecule has 0 heterocycles. The second kappa shape index (κ2) is 3.81. The van der Waals surface area contributed by atoms with E-state index in [1.165, 1.54) is 13.8 Å². The zero-order valence-corrected chi connectivity index (χ0v) is 7.63. The fraction of sp³-hybridized carbons (Fsp3) is 0.500. The number of carbonyl (C=O) groups is 1. The van der Waals surface area contributed by atoms with Crippen LogP contribution in [0.5, 0.6) is 0 Å². The van der Waals surface area contributed by atoms with Gasteiger partial charge in [0.25, 0.3) is 0 Å². The zero-order chi connectivity index (χ0) is 9.07. The zero-order valence-electron chi connectivity index (χ0n) is 6.63. The van der Waals surface area contributed by atoms with Crippen molar-refractivity contribution in [2.24, 2.45) is 0 Å². The quantitative estimate of drug-likeness (QED) is 0.493. The van der Waals surface area contributed by atoms with Gasteiger partial charge in [0.15, 0.2) is 0 Å². The maximum absolute atomic E-state index is 10.7. The number of carbonyl (C=O) groups excluding carboxylic acids is 1. The van der Waals surface area contributed by atoms with E-state index in [2.05, 4.69) is 11.1 Å². The monoisotopic (exact) mass is 180 g/mol. The molecule has 0 rings (SSSR count). The Hall–Kier alpha value is -0.440. The number of rotatable bonds is 3. The van der Waals surface area contributed by atoms with Gasteiger partial charge < -0.3 is 0 Å². The number of hydrogen-bond donors (Lipinski definition) is 2. The summed E-state index contributed by atoms with van der Waals surface area (Å²) < 4.78 is 4.36. The summed E-state index contributed by atoms with van der Waals surface area (Å²) in [5.74, 6) is -0.747. The molecule has 11 heavy (non-hydrogen) atoms. The van der Waals surface area contributed by atoms with Crippen molar-refractivity contribution in [2.75, 3.05) is 6.16 Å². The first kappa shape index (κ1) is 10.6. The molecule has 0 spiro atoms. The Morgan fingerprint density at radius 3 is 2.36 bits per heavy atom. The second-order valence-electron chi connectivity index (χ2n) is 2.27. The summed E-state index contributed by atoms with van der Waals surface area (Å²) in [6, 6.07) is 0. The van der Waals surface area contributed by atoms with E-state index in [9.17, 15) is 4.79 Å². The van der Waals surface area contributed by atoms with Crippen molar-refractivity contribution in [3.8, 4) is 0 Å². The first-order chi connectivity index (χ1) is 4.89. The Morgan fingerprint density at radius 1 is 1.64 bits per heavy atom. The molecule has 0 aliphatic rings. The Bertz CT molecular complexity index is 175. The summed E-state index contributed by atoms with van der Waals surface area (Å²) in [6.07, 6.45) is 0.0615. The molecule has 0 amide bonds. The van der Waals surface area contributed by atoms with E-state index in [0.29, 0.717) is 0 Å². The molecule has 0 bridgehead atoms. The summed E-state index contributed by atoms with van der Waals surface area (Å²) in [5.41, 5.74) is 0.165. The minimum atomic E-state index is -3.71. The van der Waals surface area contributed by atoms with Crippen LogP contribution in [0.2, 0.25) is 0 Å². The summed E-state index contributed by atoms with van der Waals surface area (Å²) in [4.78, 5) is 28.6. The molecular weight excluding hydrogens is 167 g/mol. The van der Waals surface area contributed by atoms with Crippen molar-refractivity contribution < 1.29 is 19.1 Å². The molecule has 66 valence electrons. The average molecular weight is 180 g/mol. The SMILES string of the molecule is C=C(C)C(=O)O[PH](O)(O)CC. The first-order valence-corrected chi connectivity index (χ1v) is 5.23. The van der Waals surface area contributed by atoms with Crippen molar-refractivity contribution in [2.45, 2.75) is 13.8 Å². The third kappa shape index (κ3) is 4.09. The van der Waals surface area contributed by atoms with Crippen molar-refractivity contribution in [3.05, 3.63) is 12.2 Å². The van der Waals surface area contributed by atoms with Gasteiger partial charge in [-0.15, -0.1) is 0 Å². The summed E-state index contributed by atoms with van der Waals surface area (Å²) in [6.45, 7) is 6.29. The molecular formula is C6H13O4P. The van der Waals surface area contributed by atoms with Crippen molar-refractivity contribution >= 4 is 13.9 Å². The molecule has 4 nitrogen and oxygen atoms in total. The van der Waals surface area contributed by atoms with E-state index < -0.39 is 13.9 Å². The summed E-state index contributed by atoms with van der Waals surface area (Å²) in [7, 11) is -3.71. The Balaban J connectivity index is 4.04. The van der Waals surface area contributed by atoms with Gasteiger partial charge in [-0.05, 0) is 0 Å². The molecule has 0 aliphatic carbocycles. The van der Waals surface area contributed by atoms with Gasteiger partial charge >= 0.3 is 65.2 Å². The van der Waals surface area contributed by atoms with Crippen molar-refractivity contribution in [1.82, 2.24) is 0 Å². The molecule has 0 aromatic heterocycles. The van der Waals surface area contributed by atoms with Crippen LogP contribution in [0.25, 0.3) is 0 Å². The predicted molar refractivity (Wildman–Crippen MR) is 44.2 cm³/mol. The fourth-order valence-corrected chi connectivity index (χ4v) is 0.923. The van der Waals surface area contributed by atoms with Gasteiger partial charge in [0, 0.05) is 0 Å². The van der Waals surface area contributed by atoms with Crippen LogP contribution in [0.1, 0.15) is 13.8 Å². The predicted octanol–water partition coefficient (Wildman–Crippen LogP) is 0.605. The fourth-order valence-electron chi connectivity index (χ4n) is 0.308. The van der Waals surface area contributed by atoms with E-state index in [4.69, 9.17) is 9.79 Å². The second-order valence-corrected chi connectivity index (χ2v) is 4.66. The molecule has 0 aliphatic heterocycles. The van der Waals surface area contributed by atoms with Crippen molar-refractivity contribution in [3.63, 3.8) is 0 Å². The van der Waals surface area contributed by atoms with Gasteiger partial charge in [0.2, 0.25) is 0 Å². The van der Waals surface area contributed by atoms with Crippen LogP contribution in [0, 0.1) is 0 Å². The van der Waals surface area contributed by atoms with Gasteiger partial charge in [0.05, 0.1) is 0 Å². The van der Waals surface area contributed by atoms with Gasteiger partial charge in [-0.3, -0.25) is 0 Å². The summed E-state index contributed by atoms with van der Waals surface area (Å²) in [5, 5.41) is 0. The van der Waals surface area contributed by atoms with E-state index in [0.717, 1.165) is 0 Å². The molecule has 5 heteroatoms. The van der Waals surface area contributed by atoms with Gasteiger partial charge in [0.1, 0.15) is 0 Å². The Labute approximate surface area is 66.1 Å². The van der Waals surface area contributed by atoms with Crippen LogP contribution in [0.15, 0.2) is 12.2 Å². The maximum atomic E-state index is 10.7. The van der Waals surface area contributed by atoms with Gasteiger partial charge in [-0.25, -0.2) is 0 Å². The minimum absolute atomic E-state index is 0.0615. The first-order valence-electron chi connectivity index (χ1n) is 3.22. The van der Waals surface area contributed by atoms with E-state index >= 15 is 0 Å². The molecule has 0 radical (unpaired) electrons. The molecule has 0 aromatic rings. The van der Waals surface area contributed by atoms with Gasteiger partial charge in [-0.1, -0.05) is 0 Å². The number of hydrogen-bond acceptors (Lipinski definition) is 4. The average Bonchev–Trinajstić information content (AvgIpc) is 1.87. The molecule has 0 saturated heterocycles. The van der Waals surface area contributed by atoms with Crippen LogP contribution in [-0.2, 0) is 9.32 Å². The van der Waals surface area contributed by atoms with Crippen LogP contribution in [0.3, 0.4) is 0 Å². The third-order valence-corrected chi connectivity index (χ3v) is 2.50. The topological polar surface area (TPSA) is 66.8 Å². The summed E-state index contributed by atoms with van der Waals surface area (Å²) >= 11 is 0. The van der Waals surface area contributed by atoms with Crippen LogP contribution in [-0.4, -0.2) is 21.9 Å². The van der Waals surface area contributed by atoms with Crippen LogP contribution >= 0.6 is 7.94 Å². The van der Waals surface area contributed by atoms with Crippen LogP contribution < -0.4 is 0 Å².